The molecule has 0 saturated heterocycles. The maximum atomic E-state index is 13.3. The van der Waals surface area contributed by atoms with Crippen LogP contribution in [-0.2, 0) is 17.7 Å². The van der Waals surface area contributed by atoms with Gasteiger partial charge >= 0.3 is 6.08 Å². The second-order valence-electron chi connectivity index (χ2n) is 5.23. The van der Waals surface area contributed by atoms with Gasteiger partial charge in [-0.2, -0.15) is 4.39 Å². The molecule has 0 aliphatic heterocycles. The molecule has 1 N–H and O–H groups in total. The molecule has 0 fully saturated rings. The van der Waals surface area contributed by atoms with E-state index in [4.69, 9.17) is 0 Å². The molecule has 1 unspecified atom stereocenters. The lowest BCUT2D eigenvalue weighted by Crippen LogP contribution is -2.05. The topological polar surface area (TPSA) is 90.8 Å². The summed E-state index contributed by atoms with van der Waals surface area (Å²) in [6, 6.07) is 7.20. The fraction of sp³-hybridized carbons (Fsp3) is 0.188. The Balaban J connectivity index is 2.12. The molecule has 1 aromatic carbocycles. The van der Waals surface area contributed by atoms with Crippen LogP contribution in [0, 0.1) is 13.0 Å². The largest absolute Gasteiger partial charge is 0.755 e. The maximum absolute atomic E-state index is 13.3. The number of hydrogen-bond donors (Lipinski definition) is 1. The van der Waals surface area contributed by atoms with Gasteiger partial charge in [-0.15, -0.1) is 0 Å². The van der Waals surface area contributed by atoms with Crippen molar-refractivity contribution in [1.29, 1.82) is 0 Å². The van der Waals surface area contributed by atoms with Crippen molar-refractivity contribution in [2.45, 2.75) is 20.3 Å². The van der Waals surface area contributed by atoms with Crippen molar-refractivity contribution in [3.63, 3.8) is 0 Å². The number of fused-ring (bicyclic) bond motifs is 1. The van der Waals surface area contributed by atoms with E-state index in [-0.39, 0.29) is 5.82 Å². The fourth-order valence-electron chi connectivity index (χ4n) is 2.63. The molecule has 0 bridgehead atoms. The van der Waals surface area contributed by atoms with Crippen LogP contribution >= 0.6 is 0 Å². The van der Waals surface area contributed by atoms with Gasteiger partial charge in [-0.1, -0.05) is 6.92 Å². The molecule has 0 aliphatic carbocycles. The van der Waals surface area contributed by atoms with E-state index in [9.17, 15) is 13.2 Å². The van der Waals surface area contributed by atoms with E-state index in [2.05, 4.69) is 19.7 Å². The summed E-state index contributed by atoms with van der Waals surface area (Å²) in [5.74, 6) is 0.256. The number of halogens is 1. The van der Waals surface area contributed by atoms with Crippen LogP contribution in [0.3, 0.4) is 0 Å². The first kappa shape index (κ1) is 16.4. The van der Waals surface area contributed by atoms with Crippen molar-refractivity contribution in [3.05, 3.63) is 47.8 Å². The third-order valence-electron chi connectivity index (χ3n) is 3.70. The highest BCUT2D eigenvalue weighted by atomic mass is 32.2. The lowest BCUT2D eigenvalue weighted by atomic mass is 9.98. The van der Waals surface area contributed by atoms with E-state index >= 15 is 0 Å². The molecule has 124 valence electrons. The van der Waals surface area contributed by atoms with Crippen LogP contribution in [-0.4, -0.2) is 23.7 Å². The first-order valence-electron chi connectivity index (χ1n) is 7.27. The Kier molecular flexibility index (Phi) is 4.50. The molecule has 2 heterocycles. The lowest BCUT2D eigenvalue weighted by Gasteiger charge is -2.13. The number of rotatable bonds is 4. The zero-order valence-corrected chi connectivity index (χ0v) is 13.9. The molecule has 24 heavy (non-hydrogen) atoms. The van der Waals surface area contributed by atoms with Crippen LogP contribution in [0.15, 0.2) is 30.5 Å². The number of anilines is 1. The smallest absolute Gasteiger partial charge is 0.309 e. The minimum atomic E-state index is -2.42. The summed E-state index contributed by atoms with van der Waals surface area (Å²) in [6.45, 7) is 3.77. The van der Waals surface area contributed by atoms with Crippen molar-refractivity contribution >= 4 is 28.0 Å². The van der Waals surface area contributed by atoms with E-state index in [0.717, 1.165) is 22.1 Å². The van der Waals surface area contributed by atoms with E-state index in [1.54, 1.807) is 19.1 Å². The predicted molar refractivity (Wildman–Crippen MR) is 89.4 cm³/mol. The molecular weight excluding hydrogens is 331 g/mol. The number of aryl methyl sites for hydroxylation is 2. The monoisotopic (exact) mass is 345 g/mol. The highest BCUT2D eigenvalue weighted by Crippen LogP contribution is 2.29. The minimum Gasteiger partial charge on any atom is -0.755 e. The van der Waals surface area contributed by atoms with Crippen LogP contribution in [0.2, 0.25) is 0 Å². The van der Waals surface area contributed by atoms with Gasteiger partial charge in [-0.25, -0.2) is 15.0 Å². The SMILES string of the molecule is CCc1cc(-c2ccc(NS(=O)[O-])nc2C)cc2cnc(F)nc12. The van der Waals surface area contributed by atoms with Gasteiger partial charge in [0.05, 0.1) is 5.52 Å². The zero-order valence-electron chi connectivity index (χ0n) is 13.0. The second-order valence-corrected chi connectivity index (χ2v) is 5.91. The van der Waals surface area contributed by atoms with Gasteiger partial charge in [-0.05, 0) is 48.7 Å². The molecule has 2 aromatic heterocycles. The van der Waals surface area contributed by atoms with Gasteiger partial charge < -0.3 is 9.27 Å². The van der Waals surface area contributed by atoms with Crippen LogP contribution in [0.1, 0.15) is 18.2 Å². The summed E-state index contributed by atoms with van der Waals surface area (Å²) < 4.78 is 36.9. The molecule has 0 spiro atoms. The van der Waals surface area contributed by atoms with Crippen LogP contribution in [0.5, 0.6) is 0 Å². The van der Waals surface area contributed by atoms with Gasteiger partial charge in [0.2, 0.25) is 0 Å². The highest BCUT2D eigenvalue weighted by Gasteiger charge is 2.10. The van der Waals surface area contributed by atoms with E-state index in [1.165, 1.54) is 6.20 Å². The summed E-state index contributed by atoms with van der Waals surface area (Å²) in [5.41, 5.74) is 3.94. The highest BCUT2D eigenvalue weighted by molar-refractivity contribution is 7.80. The summed E-state index contributed by atoms with van der Waals surface area (Å²) in [4.78, 5) is 11.7. The zero-order chi connectivity index (χ0) is 17.3. The average molecular weight is 345 g/mol. The summed E-state index contributed by atoms with van der Waals surface area (Å²) >= 11 is -2.42. The van der Waals surface area contributed by atoms with Crippen molar-refractivity contribution in [2.75, 3.05) is 4.72 Å². The third-order valence-corrected chi connectivity index (χ3v) is 4.07. The first-order valence-corrected chi connectivity index (χ1v) is 8.34. The summed E-state index contributed by atoms with van der Waals surface area (Å²) in [7, 11) is 0. The molecule has 3 aromatic rings. The van der Waals surface area contributed by atoms with Gasteiger partial charge in [0.25, 0.3) is 0 Å². The number of nitrogens with zero attached hydrogens (tertiary/aromatic N) is 3. The molecule has 3 rings (SSSR count). The number of hydrogen-bond acceptors (Lipinski definition) is 5. The molecule has 0 aliphatic rings. The van der Waals surface area contributed by atoms with Crippen LogP contribution in [0.4, 0.5) is 10.2 Å². The van der Waals surface area contributed by atoms with E-state index in [0.29, 0.717) is 17.6 Å². The Morgan fingerprint density at radius 2 is 2.08 bits per heavy atom. The number of nitrogens with one attached hydrogen (secondary N) is 1. The summed E-state index contributed by atoms with van der Waals surface area (Å²) in [5, 5.41) is 0.744. The van der Waals surface area contributed by atoms with Crippen LogP contribution in [0.25, 0.3) is 22.0 Å². The Morgan fingerprint density at radius 3 is 2.75 bits per heavy atom. The van der Waals surface area contributed by atoms with Gasteiger partial charge in [0, 0.05) is 34.1 Å². The van der Waals surface area contributed by atoms with Crippen molar-refractivity contribution in [2.24, 2.45) is 0 Å². The van der Waals surface area contributed by atoms with Crippen molar-refractivity contribution in [3.8, 4) is 11.1 Å². The van der Waals surface area contributed by atoms with Gasteiger partial charge in [0.15, 0.2) is 0 Å². The normalized spacial score (nSPS) is 12.3. The maximum Gasteiger partial charge on any atom is 0.309 e. The summed E-state index contributed by atoms with van der Waals surface area (Å²) in [6.07, 6.45) is 1.41. The quantitative estimate of drug-likeness (QED) is 0.580. The molecule has 1 atom stereocenters. The predicted octanol–water partition coefficient (Wildman–Crippen LogP) is 2.91. The lowest BCUT2D eigenvalue weighted by molar-refractivity contribution is 0.542. The first-order chi connectivity index (χ1) is 11.5. The standard InChI is InChI=1S/C16H15FN4O2S/c1-3-10-6-11(7-12-8-18-16(17)20-15(10)12)13-4-5-14(19-9(13)2)21-24(22)23/h4-8H,3H2,1-2H3,(H,19,21)(H,22,23)/p-1. The van der Waals surface area contributed by atoms with Crippen LogP contribution < -0.4 is 4.72 Å². The molecule has 6 nitrogen and oxygen atoms in total. The molecular formula is C16H14FN4O2S-. The van der Waals surface area contributed by atoms with Crippen molar-refractivity contribution < 1.29 is 13.2 Å². The Hall–Kier alpha value is -2.45. The number of pyridine rings is 1. The van der Waals surface area contributed by atoms with Crippen molar-refractivity contribution in [1.82, 2.24) is 15.0 Å². The average Bonchev–Trinajstić information content (AvgIpc) is 2.53. The molecule has 0 radical (unpaired) electrons. The Labute approximate surface area is 140 Å². The minimum absolute atomic E-state index is 0.256. The fourth-order valence-corrected chi connectivity index (χ4v) is 2.92. The van der Waals surface area contributed by atoms with E-state index < -0.39 is 17.3 Å². The third kappa shape index (κ3) is 3.24. The Bertz CT molecular complexity index is 949. The second kappa shape index (κ2) is 6.58. The number of aromatic nitrogens is 3. The number of benzene rings is 1. The van der Waals surface area contributed by atoms with Gasteiger partial charge in [-0.3, -0.25) is 4.21 Å². The molecule has 8 heteroatoms. The molecule has 0 saturated carbocycles. The van der Waals surface area contributed by atoms with E-state index in [1.807, 2.05) is 19.1 Å². The van der Waals surface area contributed by atoms with Gasteiger partial charge in [0.1, 0.15) is 5.82 Å². The molecule has 0 amide bonds. The Morgan fingerprint density at radius 1 is 1.29 bits per heavy atom.